The highest BCUT2D eigenvalue weighted by atomic mass is 16.3. The topological polar surface area (TPSA) is 34.8 Å². The van der Waals surface area contributed by atoms with Crippen LogP contribution in [0.4, 0.5) is 0 Å². The van der Waals surface area contributed by atoms with Crippen molar-refractivity contribution in [1.29, 1.82) is 0 Å². The van der Waals surface area contributed by atoms with Crippen LogP contribution < -0.4 is 4.57 Å². The molecular formula is C28H24N3O+. The number of hydrogen-bond acceptors (Lipinski definition) is 2. The van der Waals surface area contributed by atoms with Crippen LogP contribution in [0.3, 0.4) is 0 Å². The van der Waals surface area contributed by atoms with Crippen molar-refractivity contribution in [2.24, 2.45) is 7.05 Å². The van der Waals surface area contributed by atoms with Crippen molar-refractivity contribution >= 4 is 33.0 Å². The number of benzene rings is 3. The maximum Gasteiger partial charge on any atom is 0.298 e. The van der Waals surface area contributed by atoms with Crippen LogP contribution in [0.25, 0.3) is 50.0 Å². The maximum absolute atomic E-state index is 6.46. The SMILES string of the molecule is Cc1cc2c(cn1)oc1c(-c3n(-c4ccccc4C)c4ccccc4[n+]3C)c(C)ccc12. The van der Waals surface area contributed by atoms with Crippen molar-refractivity contribution in [3.63, 3.8) is 0 Å². The monoisotopic (exact) mass is 418 g/mol. The van der Waals surface area contributed by atoms with E-state index in [2.05, 4.69) is 102 Å². The van der Waals surface area contributed by atoms with Gasteiger partial charge in [-0.1, -0.05) is 42.5 Å². The fourth-order valence-corrected chi connectivity index (χ4v) is 4.88. The minimum atomic E-state index is 0.818. The molecule has 0 unspecified atom stereocenters. The van der Waals surface area contributed by atoms with Crippen LogP contribution in [-0.4, -0.2) is 9.55 Å². The molecule has 0 aliphatic rings. The van der Waals surface area contributed by atoms with E-state index in [-0.39, 0.29) is 0 Å². The van der Waals surface area contributed by atoms with Gasteiger partial charge in [-0.25, -0.2) is 4.57 Å². The number of aryl methyl sites for hydroxylation is 4. The first-order valence-electron chi connectivity index (χ1n) is 10.9. The van der Waals surface area contributed by atoms with Gasteiger partial charge in [0.25, 0.3) is 5.82 Å². The van der Waals surface area contributed by atoms with Gasteiger partial charge in [0, 0.05) is 16.5 Å². The van der Waals surface area contributed by atoms with Gasteiger partial charge in [0.2, 0.25) is 0 Å². The molecule has 0 radical (unpaired) electrons. The molecule has 0 aliphatic heterocycles. The molecule has 6 rings (SSSR count). The summed E-state index contributed by atoms with van der Waals surface area (Å²) in [4.78, 5) is 4.45. The van der Waals surface area contributed by atoms with Crippen molar-refractivity contribution < 1.29 is 8.98 Å². The quantitative estimate of drug-likeness (QED) is 0.308. The first-order chi connectivity index (χ1) is 15.5. The molecule has 0 N–H and O–H groups in total. The highest BCUT2D eigenvalue weighted by Crippen LogP contribution is 2.39. The summed E-state index contributed by atoms with van der Waals surface area (Å²) in [5, 5.41) is 2.22. The van der Waals surface area contributed by atoms with Gasteiger partial charge in [0.05, 0.1) is 13.2 Å². The summed E-state index contributed by atoms with van der Waals surface area (Å²) >= 11 is 0. The average molecular weight is 419 g/mol. The number of aromatic nitrogens is 3. The predicted molar refractivity (Wildman–Crippen MR) is 129 cm³/mol. The first-order valence-corrected chi connectivity index (χ1v) is 10.9. The van der Waals surface area contributed by atoms with E-state index in [1.807, 2.05) is 13.1 Å². The van der Waals surface area contributed by atoms with Crippen LogP contribution in [0.5, 0.6) is 0 Å². The Hall–Kier alpha value is -3.92. The molecule has 4 heteroatoms. The fraction of sp³-hybridized carbons (Fsp3) is 0.143. The number of para-hydroxylation sites is 3. The van der Waals surface area contributed by atoms with Gasteiger partial charge in [-0.2, -0.15) is 4.57 Å². The van der Waals surface area contributed by atoms with Crippen LogP contribution in [0, 0.1) is 20.8 Å². The Morgan fingerprint density at radius 1 is 0.844 bits per heavy atom. The van der Waals surface area contributed by atoms with E-state index in [4.69, 9.17) is 4.42 Å². The number of fused-ring (bicyclic) bond motifs is 4. The molecule has 3 aromatic heterocycles. The van der Waals surface area contributed by atoms with Crippen molar-refractivity contribution in [3.05, 3.63) is 89.7 Å². The second kappa shape index (κ2) is 6.79. The Balaban J connectivity index is 1.82. The fourth-order valence-electron chi connectivity index (χ4n) is 4.88. The number of imidazole rings is 1. The predicted octanol–water partition coefficient (Wildman–Crippen LogP) is 6.34. The van der Waals surface area contributed by atoms with Gasteiger partial charge < -0.3 is 4.42 Å². The first kappa shape index (κ1) is 18.8. The van der Waals surface area contributed by atoms with Crippen molar-refractivity contribution in [3.8, 4) is 17.1 Å². The van der Waals surface area contributed by atoms with Crippen LogP contribution in [-0.2, 0) is 7.05 Å². The lowest BCUT2D eigenvalue weighted by Crippen LogP contribution is -2.30. The molecule has 0 saturated heterocycles. The molecule has 6 aromatic rings. The number of hydrogen-bond donors (Lipinski definition) is 0. The van der Waals surface area contributed by atoms with E-state index in [0.717, 1.165) is 39.0 Å². The molecule has 0 bridgehead atoms. The zero-order valence-electron chi connectivity index (χ0n) is 18.7. The molecular weight excluding hydrogens is 394 g/mol. The summed E-state index contributed by atoms with van der Waals surface area (Å²) < 4.78 is 11.1. The largest absolute Gasteiger partial charge is 0.453 e. The minimum absolute atomic E-state index is 0.818. The third-order valence-corrected chi connectivity index (χ3v) is 6.47. The van der Waals surface area contributed by atoms with E-state index in [1.54, 1.807) is 0 Å². The second-order valence-corrected chi connectivity index (χ2v) is 8.55. The van der Waals surface area contributed by atoms with Crippen molar-refractivity contribution in [1.82, 2.24) is 9.55 Å². The average Bonchev–Trinajstić information content (AvgIpc) is 3.29. The second-order valence-electron chi connectivity index (χ2n) is 8.55. The third-order valence-electron chi connectivity index (χ3n) is 6.47. The van der Waals surface area contributed by atoms with E-state index in [0.29, 0.717) is 0 Å². The molecule has 0 atom stereocenters. The van der Waals surface area contributed by atoms with Gasteiger partial charge in [0.15, 0.2) is 22.2 Å². The smallest absolute Gasteiger partial charge is 0.298 e. The van der Waals surface area contributed by atoms with Crippen molar-refractivity contribution in [2.45, 2.75) is 20.8 Å². The number of nitrogens with zero attached hydrogens (tertiary/aromatic N) is 3. The summed E-state index contributed by atoms with van der Waals surface area (Å²) in [6, 6.07) is 23.6. The zero-order chi connectivity index (χ0) is 22.0. The number of rotatable bonds is 2. The van der Waals surface area contributed by atoms with Crippen molar-refractivity contribution in [2.75, 3.05) is 0 Å². The van der Waals surface area contributed by atoms with Crippen LogP contribution in [0.2, 0.25) is 0 Å². The Labute approximate surface area is 186 Å². The molecule has 3 heterocycles. The highest BCUT2D eigenvalue weighted by molar-refractivity contribution is 6.09. The third kappa shape index (κ3) is 2.56. The van der Waals surface area contributed by atoms with E-state index in [9.17, 15) is 0 Å². The van der Waals surface area contributed by atoms with Gasteiger partial charge in [-0.05, 0) is 56.2 Å². The zero-order valence-corrected chi connectivity index (χ0v) is 18.7. The van der Waals surface area contributed by atoms with Gasteiger partial charge in [-0.15, -0.1) is 0 Å². The summed E-state index contributed by atoms with van der Waals surface area (Å²) in [6.45, 7) is 6.34. The molecule has 3 aromatic carbocycles. The Bertz CT molecular complexity index is 1670. The lowest BCUT2D eigenvalue weighted by molar-refractivity contribution is -0.633. The van der Waals surface area contributed by atoms with Gasteiger partial charge in [0.1, 0.15) is 11.3 Å². The van der Waals surface area contributed by atoms with E-state index < -0.39 is 0 Å². The van der Waals surface area contributed by atoms with Crippen LogP contribution >= 0.6 is 0 Å². The van der Waals surface area contributed by atoms with Gasteiger partial charge >= 0.3 is 0 Å². The molecule has 0 fully saturated rings. The molecule has 32 heavy (non-hydrogen) atoms. The number of furan rings is 1. The maximum atomic E-state index is 6.46. The lowest BCUT2D eigenvalue weighted by Gasteiger charge is -2.09. The minimum Gasteiger partial charge on any atom is -0.453 e. The molecule has 4 nitrogen and oxygen atoms in total. The lowest BCUT2D eigenvalue weighted by atomic mass is 10.0. The van der Waals surface area contributed by atoms with Crippen LogP contribution in [0.1, 0.15) is 16.8 Å². The Morgan fingerprint density at radius 2 is 1.62 bits per heavy atom. The molecule has 0 saturated carbocycles. The Morgan fingerprint density at radius 3 is 2.47 bits per heavy atom. The molecule has 0 spiro atoms. The molecule has 0 aliphatic carbocycles. The Kier molecular flexibility index (Phi) is 3.99. The highest BCUT2D eigenvalue weighted by Gasteiger charge is 2.30. The van der Waals surface area contributed by atoms with Crippen LogP contribution in [0.15, 0.2) is 77.3 Å². The summed E-state index contributed by atoms with van der Waals surface area (Å²) in [5.74, 6) is 1.10. The molecule has 0 amide bonds. The summed E-state index contributed by atoms with van der Waals surface area (Å²) in [6.07, 6.45) is 1.83. The molecule has 156 valence electrons. The summed E-state index contributed by atoms with van der Waals surface area (Å²) in [7, 11) is 2.14. The summed E-state index contributed by atoms with van der Waals surface area (Å²) in [5.41, 5.74) is 9.74. The normalized spacial score (nSPS) is 11.8. The number of pyridine rings is 1. The van der Waals surface area contributed by atoms with E-state index >= 15 is 0 Å². The van der Waals surface area contributed by atoms with E-state index in [1.165, 1.54) is 27.8 Å². The standard InChI is InChI=1S/C28H24N3O/c1-17-9-5-6-10-22(17)31-24-12-8-7-11-23(24)30(4)28(31)26-18(2)13-14-20-21-15-19(3)29-16-25(21)32-27(20)26/h5-16H,1-4H3/q+1. The van der Waals surface area contributed by atoms with Gasteiger partial charge in [-0.3, -0.25) is 4.98 Å².